The van der Waals surface area contributed by atoms with Crippen LogP contribution in [0.4, 0.5) is 0 Å². The van der Waals surface area contributed by atoms with Crippen LogP contribution in [-0.2, 0) is 33.2 Å². The van der Waals surface area contributed by atoms with E-state index in [1.54, 1.807) is 0 Å². The Hall–Kier alpha value is -1.73. The summed E-state index contributed by atoms with van der Waals surface area (Å²) in [5.74, 6) is -0.259. The third kappa shape index (κ3) is 20.4. The number of carbonyl (C=O) groups excluding carboxylic acids is 1. The first-order valence-corrected chi connectivity index (χ1v) is 25.6. The number of ether oxygens (including phenoxy) is 6. The van der Waals surface area contributed by atoms with Crippen LogP contribution in [0.3, 0.4) is 0 Å². The Morgan fingerprint density at radius 1 is 0.529 bits per heavy atom. The van der Waals surface area contributed by atoms with Crippen LogP contribution < -0.4 is 5.32 Å². The van der Waals surface area contributed by atoms with E-state index >= 15 is 0 Å². The number of aliphatic hydroxyl groups excluding tert-OH is 11. The van der Waals surface area contributed by atoms with Gasteiger partial charge in [0.2, 0.25) is 5.91 Å². The van der Waals surface area contributed by atoms with Crippen molar-refractivity contribution in [2.24, 2.45) is 0 Å². The van der Waals surface area contributed by atoms with Gasteiger partial charge in [-0.05, 0) is 44.9 Å². The smallest absolute Gasteiger partial charge is 0.220 e. The summed E-state index contributed by atoms with van der Waals surface area (Å²) in [6.45, 7) is 1.64. The van der Waals surface area contributed by atoms with Gasteiger partial charge in [-0.2, -0.15) is 0 Å². The molecule has 0 radical (unpaired) electrons. The minimum atomic E-state index is -1.97. The van der Waals surface area contributed by atoms with Crippen molar-refractivity contribution in [2.75, 3.05) is 26.4 Å². The van der Waals surface area contributed by atoms with Crippen LogP contribution in [0.2, 0.25) is 0 Å². The van der Waals surface area contributed by atoms with Crippen LogP contribution in [-0.4, -0.2) is 193 Å². The second kappa shape index (κ2) is 34.6. The molecule has 1 amide bonds. The zero-order valence-electron chi connectivity index (χ0n) is 40.6. The molecule has 19 heteroatoms. The highest BCUT2D eigenvalue weighted by molar-refractivity contribution is 5.76. The quantitative estimate of drug-likeness (QED) is 0.0317. The molecule has 0 bridgehead atoms. The Balaban J connectivity index is 1.50. The Labute approximate surface area is 403 Å². The van der Waals surface area contributed by atoms with E-state index in [9.17, 15) is 61.0 Å². The first-order valence-electron chi connectivity index (χ1n) is 25.6. The van der Waals surface area contributed by atoms with Crippen LogP contribution >= 0.6 is 0 Å². The molecule has 3 saturated heterocycles. The normalized spacial score (nSPS) is 33.3. The van der Waals surface area contributed by atoms with Crippen molar-refractivity contribution < 1.29 is 89.4 Å². The predicted molar refractivity (Wildman–Crippen MR) is 250 cm³/mol. The molecule has 0 saturated carbocycles. The molecule has 0 spiro atoms. The van der Waals surface area contributed by atoms with Crippen LogP contribution in [0.15, 0.2) is 24.3 Å². The zero-order valence-corrected chi connectivity index (χ0v) is 40.6. The molecule has 17 unspecified atom stereocenters. The molecule has 3 rings (SSSR count). The number of carbonyl (C=O) groups is 1. The van der Waals surface area contributed by atoms with Gasteiger partial charge >= 0.3 is 0 Å². The summed E-state index contributed by atoms with van der Waals surface area (Å²) in [6, 6.07) is -0.885. The molecule has 0 aromatic heterocycles. The number of unbranched alkanes of at least 4 members (excludes halogenated alkanes) is 15. The lowest BCUT2D eigenvalue weighted by molar-refractivity contribution is -0.379. The Morgan fingerprint density at radius 2 is 0.971 bits per heavy atom. The van der Waals surface area contributed by atoms with E-state index in [2.05, 4.69) is 43.5 Å². The van der Waals surface area contributed by atoms with Crippen molar-refractivity contribution in [3.05, 3.63) is 24.3 Å². The molecule has 17 atom stereocenters. The molecule has 12 N–H and O–H groups in total. The first kappa shape index (κ1) is 60.6. The van der Waals surface area contributed by atoms with E-state index in [0.29, 0.717) is 12.8 Å². The Bertz CT molecular complexity index is 1360. The van der Waals surface area contributed by atoms with Crippen LogP contribution in [0.25, 0.3) is 0 Å². The van der Waals surface area contributed by atoms with E-state index < -0.39 is 124 Å². The summed E-state index contributed by atoms with van der Waals surface area (Å²) in [7, 11) is 0. The third-order valence-electron chi connectivity index (χ3n) is 13.0. The summed E-state index contributed by atoms with van der Waals surface area (Å²) in [4.78, 5) is 13.2. The van der Waals surface area contributed by atoms with Crippen molar-refractivity contribution >= 4 is 5.91 Å². The summed E-state index contributed by atoms with van der Waals surface area (Å²) < 4.78 is 34.0. The number of hydrogen-bond acceptors (Lipinski definition) is 18. The van der Waals surface area contributed by atoms with Gasteiger partial charge < -0.3 is 89.9 Å². The van der Waals surface area contributed by atoms with Gasteiger partial charge in [-0.3, -0.25) is 4.79 Å². The standard InChI is InChI=1S/C49H89NO18/c1-3-5-7-9-11-12-13-14-15-16-17-18-19-20-21-23-25-27-37(55)50-32(33(54)26-24-22-10-8-6-4-2)31-63-47-43(61)40(58)45(35(29-52)65-47)68-49-44(62)41(59)46(36(30-53)66-49)67-48-42(60)39(57)38(56)34(28-51)64-48/h11-12,14-15,32-36,38-49,51-54,56-62H,3-10,13,16-31H2,1-2H3,(H,50,55)/b12-11-,15-14-. The highest BCUT2D eigenvalue weighted by Crippen LogP contribution is 2.33. The van der Waals surface area contributed by atoms with Gasteiger partial charge in [-0.1, -0.05) is 122 Å². The maximum atomic E-state index is 13.2. The van der Waals surface area contributed by atoms with E-state index in [1.165, 1.54) is 25.7 Å². The molecule has 0 aromatic rings. The summed E-state index contributed by atoms with van der Waals surface area (Å²) in [6.07, 6.45) is 3.31. The lowest BCUT2D eigenvalue weighted by atomic mass is 9.96. The average Bonchev–Trinajstić information content (AvgIpc) is 3.33. The van der Waals surface area contributed by atoms with E-state index in [4.69, 9.17) is 28.4 Å². The number of nitrogens with one attached hydrogen (secondary N) is 1. The Kier molecular flexibility index (Phi) is 30.8. The molecule has 3 aliphatic rings. The number of amides is 1. The molecule has 3 heterocycles. The molecule has 3 aliphatic heterocycles. The number of rotatable bonds is 35. The van der Waals surface area contributed by atoms with Gasteiger partial charge in [0.1, 0.15) is 73.2 Å². The van der Waals surface area contributed by atoms with Crippen molar-refractivity contribution in [2.45, 2.75) is 253 Å². The zero-order chi connectivity index (χ0) is 49.8. The maximum absolute atomic E-state index is 13.2. The fraction of sp³-hybridized carbons (Fsp3) is 0.898. The number of allylic oxidation sites excluding steroid dienone is 4. The van der Waals surface area contributed by atoms with Gasteiger partial charge in [-0.25, -0.2) is 0 Å². The fourth-order valence-electron chi connectivity index (χ4n) is 8.69. The maximum Gasteiger partial charge on any atom is 0.220 e. The van der Waals surface area contributed by atoms with Crippen molar-refractivity contribution in [3.8, 4) is 0 Å². The largest absolute Gasteiger partial charge is 0.394 e. The van der Waals surface area contributed by atoms with Crippen molar-refractivity contribution in [1.29, 1.82) is 0 Å². The lowest BCUT2D eigenvalue weighted by Crippen LogP contribution is -2.66. The summed E-state index contributed by atoms with van der Waals surface area (Å²) in [5, 5.41) is 119. The van der Waals surface area contributed by atoms with E-state index in [1.807, 2.05) is 0 Å². The molecule has 0 aliphatic carbocycles. The molecule has 0 aromatic carbocycles. The SMILES string of the molecule is CCCCC/C=C\C/C=C\CCCCCCCCCC(=O)NC(COC1OC(CO)C(OC2OC(CO)C(OC3OC(CO)C(O)C(O)C3O)C(O)C2O)C(O)C1O)C(O)CCCCCCCC. The minimum absolute atomic E-state index is 0.256. The molecular formula is C49H89NO18. The second-order valence-corrected chi connectivity index (χ2v) is 18.6. The molecular weight excluding hydrogens is 891 g/mol. The lowest BCUT2D eigenvalue weighted by Gasteiger charge is -2.48. The number of hydrogen-bond donors (Lipinski definition) is 12. The van der Waals surface area contributed by atoms with Gasteiger partial charge in [-0.15, -0.1) is 0 Å². The third-order valence-corrected chi connectivity index (χ3v) is 13.0. The molecule has 19 nitrogen and oxygen atoms in total. The Morgan fingerprint density at radius 3 is 1.53 bits per heavy atom. The van der Waals surface area contributed by atoms with Crippen molar-refractivity contribution in [1.82, 2.24) is 5.32 Å². The molecule has 398 valence electrons. The van der Waals surface area contributed by atoms with Crippen LogP contribution in [0.5, 0.6) is 0 Å². The summed E-state index contributed by atoms with van der Waals surface area (Å²) in [5.41, 5.74) is 0. The highest BCUT2D eigenvalue weighted by atomic mass is 16.8. The van der Waals surface area contributed by atoms with E-state index in [-0.39, 0.29) is 18.9 Å². The fourth-order valence-corrected chi connectivity index (χ4v) is 8.69. The highest BCUT2D eigenvalue weighted by Gasteiger charge is 2.53. The predicted octanol–water partition coefficient (Wildman–Crippen LogP) is 1.64. The monoisotopic (exact) mass is 980 g/mol. The van der Waals surface area contributed by atoms with Gasteiger partial charge in [0.05, 0.1) is 38.6 Å². The first-order chi connectivity index (χ1) is 32.8. The van der Waals surface area contributed by atoms with Crippen molar-refractivity contribution in [3.63, 3.8) is 0 Å². The second-order valence-electron chi connectivity index (χ2n) is 18.6. The van der Waals surface area contributed by atoms with Gasteiger partial charge in [0.15, 0.2) is 18.9 Å². The minimum Gasteiger partial charge on any atom is -0.394 e. The molecule has 3 fully saturated rings. The topological polar surface area (TPSA) is 307 Å². The van der Waals surface area contributed by atoms with Gasteiger partial charge in [0, 0.05) is 6.42 Å². The molecule has 68 heavy (non-hydrogen) atoms. The number of aliphatic hydroxyl groups is 11. The summed E-state index contributed by atoms with van der Waals surface area (Å²) >= 11 is 0. The van der Waals surface area contributed by atoms with Crippen LogP contribution in [0, 0.1) is 0 Å². The average molecular weight is 980 g/mol. The van der Waals surface area contributed by atoms with Crippen LogP contribution in [0.1, 0.15) is 149 Å². The van der Waals surface area contributed by atoms with E-state index in [0.717, 1.165) is 89.9 Å². The van der Waals surface area contributed by atoms with Gasteiger partial charge in [0.25, 0.3) is 0 Å².